The average molecular weight is 250 g/mol. The zero-order valence-electron chi connectivity index (χ0n) is 11.2. The van der Waals surface area contributed by atoms with Crippen LogP contribution in [0.25, 0.3) is 0 Å². The minimum absolute atomic E-state index is 0.640. The summed E-state index contributed by atoms with van der Waals surface area (Å²) in [5.41, 5.74) is 6.90. The molecule has 1 saturated heterocycles. The number of rotatable bonds is 5. The Kier molecular flexibility index (Phi) is 4.44. The van der Waals surface area contributed by atoms with E-state index < -0.39 is 0 Å². The first-order chi connectivity index (χ1) is 8.76. The summed E-state index contributed by atoms with van der Waals surface area (Å²) in [5.74, 6) is 2.44. The predicted octanol–water partition coefficient (Wildman–Crippen LogP) is 1.48. The van der Waals surface area contributed by atoms with Gasteiger partial charge >= 0.3 is 0 Å². The lowest BCUT2D eigenvalue weighted by atomic mass is 10.1. The number of hydrogen-bond donors (Lipinski definition) is 1. The Bertz CT molecular complexity index is 395. The summed E-state index contributed by atoms with van der Waals surface area (Å²) >= 11 is 0. The SMILES string of the molecule is COc1ccc(OC)c(CN2CCC(CN)C2)c1. The maximum atomic E-state index is 5.72. The molecule has 100 valence electrons. The van der Waals surface area contributed by atoms with Gasteiger partial charge in [0.05, 0.1) is 14.2 Å². The van der Waals surface area contributed by atoms with E-state index >= 15 is 0 Å². The molecule has 1 fully saturated rings. The van der Waals surface area contributed by atoms with E-state index in [1.54, 1.807) is 14.2 Å². The van der Waals surface area contributed by atoms with Crippen LogP contribution in [0.3, 0.4) is 0 Å². The Morgan fingerprint density at radius 3 is 2.78 bits per heavy atom. The van der Waals surface area contributed by atoms with Crippen molar-refractivity contribution in [3.8, 4) is 11.5 Å². The fraction of sp³-hybridized carbons (Fsp3) is 0.571. The molecule has 0 radical (unpaired) electrons. The molecule has 4 heteroatoms. The molecule has 1 atom stereocenters. The van der Waals surface area contributed by atoms with Gasteiger partial charge in [-0.25, -0.2) is 0 Å². The summed E-state index contributed by atoms with van der Waals surface area (Å²) in [6, 6.07) is 5.94. The summed E-state index contributed by atoms with van der Waals surface area (Å²) < 4.78 is 10.7. The van der Waals surface area contributed by atoms with E-state index in [0.717, 1.165) is 37.7 Å². The third-order valence-electron chi connectivity index (χ3n) is 3.58. The Balaban J connectivity index is 2.07. The van der Waals surface area contributed by atoms with Gasteiger partial charge in [-0.05, 0) is 43.6 Å². The predicted molar refractivity (Wildman–Crippen MR) is 72.0 cm³/mol. The Hall–Kier alpha value is -1.26. The summed E-state index contributed by atoms with van der Waals surface area (Å²) in [6.07, 6.45) is 1.20. The highest BCUT2D eigenvalue weighted by Gasteiger charge is 2.22. The molecular weight excluding hydrogens is 228 g/mol. The second-order valence-electron chi connectivity index (χ2n) is 4.80. The van der Waals surface area contributed by atoms with Gasteiger partial charge in [-0.2, -0.15) is 0 Å². The van der Waals surface area contributed by atoms with E-state index in [1.807, 2.05) is 12.1 Å². The lowest BCUT2D eigenvalue weighted by Crippen LogP contribution is -2.23. The Morgan fingerprint density at radius 1 is 1.33 bits per heavy atom. The van der Waals surface area contributed by atoms with Crippen LogP contribution in [0.2, 0.25) is 0 Å². The molecule has 1 aromatic carbocycles. The molecule has 2 N–H and O–H groups in total. The van der Waals surface area contributed by atoms with E-state index in [-0.39, 0.29) is 0 Å². The van der Waals surface area contributed by atoms with Crippen LogP contribution in [-0.4, -0.2) is 38.8 Å². The molecule has 1 aromatic rings. The average Bonchev–Trinajstić information content (AvgIpc) is 2.86. The summed E-state index contributed by atoms with van der Waals surface area (Å²) in [4.78, 5) is 2.43. The third-order valence-corrected chi connectivity index (χ3v) is 3.58. The maximum Gasteiger partial charge on any atom is 0.123 e. The van der Waals surface area contributed by atoms with Crippen LogP contribution in [-0.2, 0) is 6.54 Å². The van der Waals surface area contributed by atoms with Crippen LogP contribution in [0, 0.1) is 5.92 Å². The highest BCUT2D eigenvalue weighted by molar-refractivity contribution is 5.40. The molecule has 0 spiro atoms. The van der Waals surface area contributed by atoms with E-state index in [9.17, 15) is 0 Å². The maximum absolute atomic E-state index is 5.72. The standard InChI is InChI=1S/C14H22N2O2/c1-17-13-3-4-14(18-2)12(7-13)10-16-6-5-11(8-15)9-16/h3-4,7,11H,5-6,8-10,15H2,1-2H3. The van der Waals surface area contributed by atoms with Crippen LogP contribution in [0.5, 0.6) is 11.5 Å². The number of hydrogen-bond acceptors (Lipinski definition) is 4. The highest BCUT2D eigenvalue weighted by Crippen LogP contribution is 2.27. The topological polar surface area (TPSA) is 47.7 Å². The number of likely N-dealkylation sites (tertiary alicyclic amines) is 1. The Labute approximate surface area is 109 Å². The highest BCUT2D eigenvalue weighted by atomic mass is 16.5. The molecule has 18 heavy (non-hydrogen) atoms. The fourth-order valence-electron chi connectivity index (χ4n) is 2.50. The monoisotopic (exact) mass is 250 g/mol. The molecule has 1 aliphatic rings. The van der Waals surface area contributed by atoms with Crippen LogP contribution in [0.4, 0.5) is 0 Å². The normalized spacial score (nSPS) is 20.1. The van der Waals surface area contributed by atoms with Crippen molar-refractivity contribution in [2.45, 2.75) is 13.0 Å². The first kappa shape index (κ1) is 13.2. The lowest BCUT2D eigenvalue weighted by molar-refractivity contribution is 0.308. The first-order valence-corrected chi connectivity index (χ1v) is 6.40. The van der Waals surface area contributed by atoms with Gasteiger partial charge in [-0.1, -0.05) is 0 Å². The summed E-state index contributed by atoms with van der Waals surface area (Å²) in [7, 11) is 3.39. The lowest BCUT2D eigenvalue weighted by Gasteiger charge is -2.18. The zero-order chi connectivity index (χ0) is 13.0. The molecule has 0 bridgehead atoms. The van der Waals surface area contributed by atoms with Gasteiger partial charge in [-0.3, -0.25) is 4.90 Å². The van der Waals surface area contributed by atoms with Crippen molar-refractivity contribution < 1.29 is 9.47 Å². The van der Waals surface area contributed by atoms with Gasteiger partial charge in [0.15, 0.2) is 0 Å². The third kappa shape index (κ3) is 2.94. The molecule has 0 saturated carbocycles. The van der Waals surface area contributed by atoms with Crippen molar-refractivity contribution in [2.75, 3.05) is 33.9 Å². The summed E-state index contributed by atoms with van der Waals surface area (Å²) in [6.45, 7) is 3.88. The van der Waals surface area contributed by atoms with Crippen molar-refractivity contribution >= 4 is 0 Å². The molecule has 2 rings (SSSR count). The zero-order valence-corrected chi connectivity index (χ0v) is 11.2. The van der Waals surface area contributed by atoms with Crippen molar-refractivity contribution in [3.05, 3.63) is 23.8 Å². The molecule has 1 unspecified atom stereocenters. The number of nitrogens with zero attached hydrogens (tertiary/aromatic N) is 1. The summed E-state index contributed by atoms with van der Waals surface area (Å²) in [5, 5.41) is 0. The Morgan fingerprint density at radius 2 is 2.17 bits per heavy atom. The van der Waals surface area contributed by atoms with Crippen LogP contribution in [0.15, 0.2) is 18.2 Å². The fourth-order valence-corrected chi connectivity index (χ4v) is 2.50. The van der Waals surface area contributed by atoms with Crippen LogP contribution >= 0.6 is 0 Å². The van der Waals surface area contributed by atoms with E-state index in [4.69, 9.17) is 15.2 Å². The molecule has 0 amide bonds. The second-order valence-corrected chi connectivity index (χ2v) is 4.80. The number of ether oxygens (including phenoxy) is 2. The van der Waals surface area contributed by atoms with Gasteiger partial charge in [0.2, 0.25) is 0 Å². The quantitative estimate of drug-likeness (QED) is 0.860. The second kappa shape index (κ2) is 6.07. The van der Waals surface area contributed by atoms with Gasteiger partial charge in [0.25, 0.3) is 0 Å². The van der Waals surface area contributed by atoms with Gasteiger partial charge < -0.3 is 15.2 Å². The van der Waals surface area contributed by atoms with Gasteiger partial charge in [0.1, 0.15) is 11.5 Å². The molecule has 1 aliphatic heterocycles. The van der Waals surface area contributed by atoms with Crippen LogP contribution < -0.4 is 15.2 Å². The minimum Gasteiger partial charge on any atom is -0.497 e. The smallest absolute Gasteiger partial charge is 0.123 e. The molecule has 4 nitrogen and oxygen atoms in total. The number of nitrogens with two attached hydrogens (primary N) is 1. The first-order valence-electron chi connectivity index (χ1n) is 6.40. The van der Waals surface area contributed by atoms with E-state index in [2.05, 4.69) is 11.0 Å². The van der Waals surface area contributed by atoms with Crippen molar-refractivity contribution in [1.82, 2.24) is 4.90 Å². The van der Waals surface area contributed by atoms with E-state index in [1.165, 1.54) is 12.0 Å². The molecule has 1 heterocycles. The largest absolute Gasteiger partial charge is 0.497 e. The molecular formula is C14H22N2O2. The van der Waals surface area contributed by atoms with Gasteiger partial charge in [0, 0.05) is 18.7 Å². The van der Waals surface area contributed by atoms with Crippen molar-refractivity contribution in [2.24, 2.45) is 11.7 Å². The van der Waals surface area contributed by atoms with Crippen LogP contribution in [0.1, 0.15) is 12.0 Å². The number of benzene rings is 1. The minimum atomic E-state index is 0.640. The number of methoxy groups -OCH3 is 2. The van der Waals surface area contributed by atoms with Crippen molar-refractivity contribution in [3.63, 3.8) is 0 Å². The van der Waals surface area contributed by atoms with E-state index in [0.29, 0.717) is 5.92 Å². The van der Waals surface area contributed by atoms with Gasteiger partial charge in [-0.15, -0.1) is 0 Å². The van der Waals surface area contributed by atoms with Crippen molar-refractivity contribution in [1.29, 1.82) is 0 Å². The molecule has 0 aromatic heterocycles. The molecule has 0 aliphatic carbocycles.